The zero-order chi connectivity index (χ0) is 18.6. The molecule has 0 fully saturated rings. The van der Waals surface area contributed by atoms with Crippen LogP contribution in [0.25, 0.3) is 0 Å². The molecule has 0 saturated heterocycles. The van der Waals surface area contributed by atoms with Crippen molar-refractivity contribution in [3.63, 3.8) is 0 Å². The SMILES string of the molecule is N#Cc1ccccc1OCC(=O)N1N=C(c2cccs2)CC1c1cccs1. The number of carbonyl (C=O) groups excluding carboxylic acids is 1. The fourth-order valence-corrected chi connectivity index (χ4v) is 4.46. The molecular weight excluding hydrogens is 378 g/mol. The third kappa shape index (κ3) is 3.63. The lowest BCUT2D eigenvalue weighted by atomic mass is 10.1. The third-order valence-electron chi connectivity index (χ3n) is 4.20. The highest BCUT2D eigenvalue weighted by Gasteiger charge is 2.34. The maximum atomic E-state index is 12.9. The van der Waals surface area contributed by atoms with E-state index in [1.807, 2.05) is 35.0 Å². The summed E-state index contributed by atoms with van der Waals surface area (Å²) in [5, 5.41) is 19.3. The van der Waals surface area contributed by atoms with Gasteiger partial charge >= 0.3 is 0 Å². The van der Waals surface area contributed by atoms with Crippen molar-refractivity contribution in [2.45, 2.75) is 12.5 Å². The number of nitriles is 1. The Morgan fingerprint density at radius 1 is 1.19 bits per heavy atom. The quantitative estimate of drug-likeness (QED) is 0.644. The van der Waals surface area contributed by atoms with Crippen molar-refractivity contribution >= 4 is 34.3 Å². The van der Waals surface area contributed by atoms with Gasteiger partial charge in [0.1, 0.15) is 11.8 Å². The Balaban J connectivity index is 1.55. The van der Waals surface area contributed by atoms with Crippen molar-refractivity contribution in [1.29, 1.82) is 5.26 Å². The van der Waals surface area contributed by atoms with Crippen molar-refractivity contribution < 1.29 is 9.53 Å². The van der Waals surface area contributed by atoms with Gasteiger partial charge in [-0.05, 0) is 35.0 Å². The number of hydrogen-bond donors (Lipinski definition) is 0. The molecule has 7 heteroatoms. The van der Waals surface area contributed by atoms with Crippen LogP contribution in [0.4, 0.5) is 0 Å². The van der Waals surface area contributed by atoms with Crippen LogP contribution in [-0.2, 0) is 4.79 Å². The first-order chi connectivity index (χ1) is 13.3. The molecule has 0 N–H and O–H groups in total. The van der Waals surface area contributed by atoms with Gasteiger partial charge in [-0.25, -0.2) is 5.01 Å². The van der Waals surface area contributed by atoms with Gasteiger partial charge in [0.25, 0.3) is 5.91 Å². The number of hydrogen-bond acceptors (Lipinski definition) is 6. The number of para-hydroxylation sites is 1. The molecule has 0 bridgehead atoms. The molecule has 3 heterocycles. The summed E-state index contributed by atoms with van der Waals surface area (Å²) in [6.45, 7) is -0.165. The first-order valence-corrected chi connectivity index (χ1v) is 10.1. The summed E-state index contributed by atoms with van der Waals surface area (Å²) in [4.78, 5) is 15.0. The second-order valence-corrected chi connectivity index (χ2v) is 7.82. The fraction of sp³-hybridized carbons (Fsp3) is 0.150. The molecule has 1 atom stereocenters. The molecule has 1 aliphatic heterocycles. The minimum absolute atomic E-state index is 0.121. The number of nitrogens with zero attached hydrogens (tertiary/aromatic N) is 3. The number of carbonyl (C=O) groups is 1. The summed E-state index contributed by atoms with van der Waals surface area (Å²) in [5.41, 5.74) is 1.32. The summed E-state index contributed by atoms with van der Waals surface area (Å²) in [5.74, 6) is 0.176. The normalized spacial score (nSPS) is 16.0. The van der Waals surface area contributed by atoms with Gasteiger partial charge in [-0.3, -0.25) is 4.79 Å². The molecule has 0 saturated carbocycles. The van der Waals surface area contributed by atoms with Crippen LogP contribution in [0.2, 0.25) is 0 Å². The smallest absolute Gasteiger partial charge is 0.281 e. The average molecular weight is 393 g/mol. The monoisotopic (exact) mass is 393 g/mol. The summed E-state index contributed by atoms with van der Waals surface area (Å²) in [7, 11) is 0. The second kappa shape index (κ2) is 7.74. The van der Waals surface area contributed by atoms with E-state index in [4.69, 9.17) is 10.00 Å². The highest BCUT2D eigenvalue weighted by molar-refractivity contribution is 7.12. The Morgan fingerprint density at radius 3 is 2.74 bits per heavy atom. The van der Waals surface area contributed by atoms with Gasteiger partial charge in [-0.2, -0.15) is 10.4 Å². The highest BCUT2D eigenvalue weighted by Crippen LogP contribution is 2.36. The van der Waals surface area contributed by atoms with Crippen molar-refractivity contribution in [1.82, 2.24) is 5.01 Å². The van der Waals surface area contributed by atoms with Crippen molar-refractivity contribution in [2.75, 3.05) is 6.61 Å². The Bertz CT molecular complexity index is 1000. The van der Waals surface area contributed by atoms with E-state index in [0.717, 1.165) is 15.5 Å². The average Bonchev–Trinajstić information content (AvgIpc) is 3.46. The Morgan fingerprint density at radius 2 is 2.00 bits per heavy atom. The third-order valence-corrected chi connectivity index (χ3v) is 6.09. The van der Waals surface area contributed by atoms with Gasteiger partial charge in [0.2, 0.25) is 0 Å². The van der Waals surface area contributed by atoms with Crippen LogP contribution in [0.3, 0.4) is 0 Å². The van der Waals surface area contributed by atoms with E-state index in [1.165, 1.54) is 5.01 Å². The fourth-order valence-electron chi connectivity index (χ4n) is 2.92. The van der Waals surface area contributed by atoms with Crippen LogP contribution >= 0.6 is 22.7 Å². The predicted octanol–water partition coefficient (Wildman–Crippen LogP) is 4.44. The van der Waals surface area contributed by atoms with Gasteiger partial charge in [-0.1, -0.05) is 24.3 Å². The van der Waals surface area contributed by atoms with Gasteiger partial charge in [0.15, 0.2) is 6.61 Å². The molecule has 1 aromatic carbocycles. The van der Waals surface area contributed by atoms with Crippen LogP contribution in [-0.4, -0.2) is 23.2 Å². The van der Waals surface area contributed by atoms with Crippen molar-refractivity contribution in [3.8, 4) is 11.8 Å². The lowest BCUT2D eigenvalue weighted by molar-refractivity contribution is -0.135. The van der Waals surface area contributed by atoms with Crippen LogP contribution in [0.15, 0.2) is 64.4 Å². The molecule has 0 spiro atoms. The molecule has 1 unspecified atom stereocenters. The maximum Gasteiger partial charge on any atom is 0.281 e. The second-order valence-electron chi connectivity index (χ2n) is 5.89. The number of amides is 1. The molecule has 0 radical (unpaired) electrons. The minimum atomic E-state index is -0.229. The number of ether oxygens (including phenoxy) is 1. The molecule has 4 rings (SSSR count). The Kier molecular flexibility index (Phi) is 5.01. The van der Waals surface area contributed by atoms with Gasteiger partial charge in [0.05, 0.1) is 22.2 Å². The maximum absolute atomic E-state index is 12.9. The Hall–Kier alpha value is -2.95. The molecule has 3 aromatic rings. The number of hydrazone groups is 1. The molecule has 134 valence electrons. The summed E-state index contributed by atoms with van der Waals surface area (Å²) in [6.07, 6.45) is 0.682. The summed E-state index contributed by atoms with van der Waals surface area (Å²) >= 11 is 3.23. The van der Waals surface area contributed by atoms with Gasteiger partial charge < -0.3 is 4.74 Å². The van der Waals surface area contributed by atoms with Crippen LogP contribution in [0.1, 0.15) is 27.8 Å². The van der Waals surface area contributed by atoms with E-state index in [-0.39, 0.29) is 18.6 Å². The largest absolute Gasteiger partial charge is 0.482 e. The molecule has 1 aliphatic rings. The first kappa shape index (κ1) is 17.5. The predicted molar refractivity (Wildman–Crippen MR) is 106 cm³/mol. The number of thiophene rings is 2. The van der Waals surface area contributed by atoms with Crippen molar-refractivity contribution in [2.24, 2.45) is 5.10 Å². The zero-order valence-electron chi connectivity index (χ0n) is 14.2. The van der Waals surface area contributed by atoms with Crippen LogP contribution in [0, 0.1) is 11.3 Å². The molecule has 27 heavy (non-hydrogen) atoms. The zero-order valence-corrected chi connectivity index (χ0v) is 15.9. The van der Waals surface area contributed by atoms with E-state index in [1.54, 1.807) is 46.9 Å². The first-order valence-electron chi connectivity index (χ1n) is 8.35. The standard InChI is InChI=1S/C20H15N3O2S2/c21-12-14-5-1-2-6-17(14)25-13-20(24)23-16(19-8-4-10-27-19)11-15(22-23)18-7-3-9-26-18/h1-10,16H,11,13H2. The molecule has 1 amide bonds. The van der Waals surface area contributed by atoms with Gasteiger partial charge in [-0.15, -0.1) is 22.7 Å². The van der Waals surface area contributed by atoms with Crippen LogP contribution < -0.4 is 4.74 Å². The molecular formula is C20H15N3O2S2. The number of benzene rings is 1. The van der Waals surface area contributed by atoms with E-state index >= 15 is 0 Å². The van der Waals surface area contributed by atoms with E-state index in [0.29, 0.717) is 17.7 Å². The number of rotatable bonds is 5. The highest BCUT2D eigenvalue weighted by atomic mass is 32.1. The summed E-state index contributed by atoms with van der Waals surface area (Å²) in [6, 6.07) is 16.8. The molecule has 0 aliphatic carbocycles. The lowest BCUT2D eigenvalue weighted by Crippen LogP contribution is -2.31. The topological polar surface area (TPSA) is 65.7 Å². The van der Waals surface area contributed by atoms with Crippen LogP contribution in [0.5, 0.6) is 5.75 Å². The summed E-state index contributed by atoms with van der Waals surface area (Å²) < 4.78 is 5.62. The lowest BCUT2D eigenvalue weighted by Gasteiger charge is -2.20. The molecule has 5 nitrogen and oxygen atoms in total. The van der Waals surface area contributed by atoms with Gasteiger partial charge in [0, 0.05) is 11.3 Å². The Labute approximate surface area is 164 Å². The van der Waals surface area contributed by atoms with E-state index in [9.17, 15) is 4.79 Å². The molecule has 2 aromatic heterocycles. The van der Waals surface area contributed by atoms with E-state index < -0.39 is 0 Å². The minimum Gasteiger partial charge on any atom is -0.482 e. The van der Waals surface area contributed by atoms with Crippen molar-refractivity contribution in [3.05, 3.63) is 74.6 Å². The van der Waals surface area contributed by atoms with E-state index in [2.05, 4.69) is 11.2 Å².